The van der Waals surface area contributed by atoms with Gasteiger partial charge in [-0.1, -0.05) is 176 Å². The van der Waals surface area contributed by atoms with Gasteiger partial charge in [0.2, 0.25) is 0 Å². The van der Waals surface area contributed by atoms with Crippen molar-refractivity contribution in [1.29, 1.82) is 0 Å². The molecule has 9 aromatic carbocycles. The fourth-order valence-corrected chi connectivity index (χ4v) is 16.6. The van der Waals surface area contributed by atoms with Crippen LogP contribution in [0.15, 0.2) is 212 Å². The fraction of sp³-hybridized carbons (Fsp3) is 0.129. The third kappa shape index (κ3) is 6.42. The van der Waals surface area contributed by atoms with Crippen molar-refractivity contribution in [3.05, 3.63) is 235 Å². The molecule has 2 aliphatic carbocycles. The molecule has 0 saturated heterocycles. The second-order valence-corrected chi connectivity index (χ2v) is 21.8. The van der Waals surface area contributed by atoms with E-state index in [9.17, 15) is 0 Å². The molecule has 10 aromatic rings. The Labute approximate surface area is 378 Å². The van der Waals surface area contributed by atoms with Gasteiger partial charge in [0, 0.05) is 16.5 Å². The Hall–Kier alpha value is -7.00. The lowest BCUT2D eigenvalue weighted by molar-refractivity contribution is 0.687. The molecule has 0 spiro atoms. The Kier molecular flexibility index (Phi) is 9.83. The van der Waals surface area contributed by atoms with E-state index in [1.807, 2.05) is 0 Å². The van der Waals surface area contributed by atoms with Gasteiger partial charge in [0.05, 0.1) is 11.0 Å². The normalized spacial score (nSPS) is 13.8. The molecule has 0 N–H and O–H groups in total. The van der Waals surface area contributed by atoms with Gasteiger partial charge in [-0.3, -0.25) is 0 Å². The predicted molar refractivity (Wildman–Crippen MR) is 274 cm³/mol. The van der Waals surface area contributed by atoms with Crippen molar-refractivity contribution < 1.29 is 0 Å². The Balaban J connectivity index is 1.03. The molecule has 0 unspecified atom stereocenters. The number of hydrogen-bond donors (Lipinski definition) is 0. The Morgan fingerprint density at radius 1 is 0.328 bits per heavy atom. The van der Waals surface area contributed by atoms with Crippen LogP contribution in [-0.4, -0.2) is 12.6 Å². The second-order valence-electron chi connectivity index (χ2n) is 18.0. The van der Waals surface area contributed by atoms with Gasteiger partial charge in [-0.15, -0.1) is 0 Å². The molecule has 0 bridgehead atoms. The van der Waals surface area contributed by atoms with Crippen LogP contribution in [0.3, 0.4) is 0 Å². The maximum absolute atomic E-state index is 2.76. The molecule has 308 valence electrons. The van der Waals surface area contributed by atoms with Crippen molar-refractivity contribution >= 4 is 50.6 Å². The van der Waals surface area contributed by atoms with Crippen LogP contribution in [-0.2, 0) is 25.7 Å². The third-order valence-electron chi connectivity index (χ3n) is 14.6. The van der Waals surface area contributed by atoms with Gasteiger partial charge in [-0.05, 0) is 164 Å². The lowest BCUT2D eigenvalue weighted by Crippen LogP contribution is -2.75. The number of nitrogens with zero attached hydrogens (tertiary/aromatic N) is 1. The van der Waals surface area contributed by atoms with E-state index in [-0.39, 0.29) is 0 Å². The number of hydrogen-bond acceptors (Lipinski definition) is 0. The summed E-state index contributed by atoms with van der Waals surface area (Å²) in [5, 5.41) is 8.17. The summed E-state index contributed by atoms with van der Waals surface area (Å²) in [7, 11) is -2.76. The molecule has 0 radical (unpaired) electrons. The molecule has 12 rings (SSSR count). The van der Waals surface area contributed by atoms with Crippen LogP contribution in [0.2, 0.25) is 0 Å². The van der Waals surface area contributed by atoms with Gasteiger partial charge in [-0.25, -0.2) is 0 Å². The molecule has 0 atom stereocenters. The highest BCUT2D eigenvalue weighted by Crippen LogP contribution is 2.41. The van der Waals surface area contributed by atoms with Gasteiger partial charge < -0.3 is 4.57 Å². The first-order chi connectivity index (χ1) is 31.8. The largest absolute Gasteiger partial charge is 0.309 e. The highest BCUT2D eigenvalue weighted by atomic mass is 28.3. The molecule has 0 amide bonds. The highest BCUT2D eigenvalue weighted by molar-refractivity contribution is 7.20. The van der Waals surface area contributed by atoms with Gasteiger partial charge in [0.1, 0.15) is 0 Å². The van der Waals surface area contributed by atoms with E-state index in [4.69, 9.17) is 0 Å². The zero-order valence-electron chi connectivity index (χ0n) is 36.3. The molecule has 1 aromatic heterocycles. The summed E-state index contributed by atoms with van der Waals surface area (Å²) in [6.07, 6.45) is 9.80. The first-order valence-corrected chi connectivity index (χ1v) is 25.4. The minimum atomic E-state index is -2.76. The summed E-state index contributed by atoms with van der Waals surface area (Å²) >= 11 is 0. The van der Waals surface area contributed by atoms with Crippen LogP contribution >= 0.6 is 0 Å². The van der Waals surface area contributed by atoms with Crippen LogP contribution in [0.1, 0.15) is 47.9 Å². The Morgan fingerprint density at radius 2 is 0.750 bits per heavy atom. The van der Waals surface area contributed by atoms with E-state index >= 15 is 0 Å². The molecule has 64 heavy (non-hydrogen) atoms. The summed E-state index contributed by atoms with van der Waals surface area (Å²) in [4.78, 5) is 0. The molecule has 2 aliphatic rings. The Bertz CT molecular complexity index is 3090. The molecule has 0 saturated carbocycles. The average molecular weight is 838 g/mol. The number of benzene rings is 9. The quantitative estimate of drug-likeness (QED) is 0.106. The highest BCUT2D eigenvalue weighted by Gasteiger charge is 2.42. The van der Waals surface area contributed by atoms with Gasteiger partial charge in [0.15, 0.2) is 8.07 Å². The molecule has 0 aliphatic heterocycles. The van der Waals surface area contributed by atoms with Crippen molar-refractivity contribution in [2.75, 3.05) is 0 Å². The summed E-state index contributed by atoms with van der Waals surface area (Å²) in [5.41, 5.74) is 17.8. The summed E-state index contributed by atoms with van der Waals surface area (Å²) in [5.74, 6) is 0. The maximum Gasteiger partial charge on any atom is 0.180 e. The third-order valence-corrected chi connectivity index (χ3v) is 19.4. The first-order valence-electron chi connectivity index (χ1n) is 23.4. The molecule has 1 nitrogen and oxygen atoms in total. The van der Waals surface area contributed by atoms with Crippen molar-refractivity contribution in [3.8, 4) is 39.1 Å². The van der Waals surface area contributed by atoms with Crippen molar-refractivity contribution in [2.45, 2.75) is 51.4 Å². The average Bonchev–Trinajstić information content (AvgIpc) is 3.70. The van der Waals surface area contributed by atoms with E-state index in [1.54, 1.807) is 11.1 Å². The van der Waals surface area contributed by atoms with Crippen LogP contribution in [0.25, 0.3) is 60.9 Å². The molecular formula is C62H51NSi. The zero-order chi connectivity index (χ0) is 42.5. The topological polar surface area (TPSA) is 4.93 Å². The van der Waals surface area contributed by atoms with Crippen LogP contribution in [0, 0.1) is 0 Å². The molecule has 1 heterocycles. The monoisotopic (exact) mass is 837 g/mol. The molecule has 2 heteroatoms. The van der Waals surface area contributed by atoms with Crippen molar-refractivity contribution in [2.24, 2.45) is 0 Å². The van der Waals surface area contributed by atoms with Gasteiger partial charge in [0.25, 0.3) is 0 Å². The number of aromatic nitrogens is 1. The summed E-state index contributed by atoms with van der Waals surface area (Å²) in [6, 6.07) is 80.9. The SMILES string of the molecule is c1ccc([Si](c2ccccc2)(c2ccccc2)c2ccccc2-c2ccc(-n3c4ccc(-c5cccc6c5CCCC6)cc4c4cc(-c5cccc6c5CCCC6)ccc43)cc2)cc1. The van der Waals surface area contributed by atoms with E-state index < -0.39 is 8.07 Å². The van der Waals surface area contributed by atoms with Crippen molar-refractivity contribution in [3.63, 3.8) is 0 Å². The lowest BCUT2D eigenvalue weighted by atomic mass is 9.85. The zero-order valence-corrected chi connectivity index (χ0v) is 37.3. The molecule has 0 fully saturated rings. The number of rotatable bonds is 8. The van der Waals surface area contributed by atoms with Crippen LogP contribution in [0.4, 0.5) is 0 Å². The van der Waals surface area contributed by atoms with Gasteiger partial charge >= 0.3 is 0 Å². The lowest BCUT2D eigenvalue weighted by Gasteiger charge is -2.36. The minimum absolute atomic E-state index is 1.16. The Morgan fingerprint density at radius 3 is 1.25 bits per heavy atom. The second kappa shape index (κ2) is 16.3. The van der Waals surface area contributed by atoms with Crippen molar-refractivity contribution in [1.82, 2.24) is 4.57 Å². The smallest absolute Gasteiger partial charge is 0.180 e. The first kappa shape index (κ1) is 38.7. The van der Waals surface area contributed by atoms with Crippen LogP contribution in [0.5, 0.6) is 0 Å². The number of fused-ring (bicyclic) bond motifs is 5. The summed E-state index contributed by atoms with van der Waals surface area (Å²) < 4.78 is 2.51. The fourth-order valence-electron chi connectivity index (χ4n) is 11.6. The summed E-state index contributed by atoms with van der Waals surface area (Å²) in [6.45, 7) is 0. The van der Waals surface area contributed by atoms with E-state index in [0.29, 0.717) is 0 Å². The standard InChI is InChI=1S/C62H51NSi/c1-4-22-50(23-5-1)64(51-24-6-2-7-25-51,52-26-8-3-9-27-52)62-33-15-14-30-57(62)46-34-38-49(39-35-46)63-60-40-36-47(55-31-16-20-44-18-10-12-28-53(44)55)42-58(60)59-43-48(37-41-61(59)63)56-32-17-21-45-19-11-13-29-54(45)56/h1-9,14-17,20-27,30-43H,10-13,18-19,28-29H2. The number of aryl methyl sites for hydroxylation is 2. The van der Waals surface area contributed by atoms with E-state index in [1.165, 1.54) is 131 Å². The molecular weight excluding hydrogens is 787 g/mol. The van der Waals surface area contributed by atoms with E-state index in [0.717, 1.165) is 12.8 Å². The minimum Gasteiger partial charge on any atom is -0.309 e. The van der Waals surface area contributed by atoms with Crippen LogP contribution < -0.4 is 20.7 Å². The predicted octanol–water partition coefficient (Wildman–Crippen LogP) is 12.9. The van der Waals surface area contributed by atoms with Gasteiger partial charge in [-0.2, -0.15) is 0 Å². The maximum atomic E-state index is 2.51. The van der Waals surface area contributed by atoms with E-state index in [2.05, 4.69) is 217 Å².